The zero-order chi connectivity index (χ0) is 19.7. The fourth-order valence-corrected chi connectivity index (χ4v) is 2.79. The largest absolute Gasteiger partial charge is 0.284 e. The van der Waals surface area contributed by atoms with E-state index in [4.69, 9.17) is 0 Å². The van der Waals surface area contributed by atoms with E-state index in [0.29, 0.717) is 17.5 Å². The molecule has 140 valence electrons. The maximum atomic E-state index is 14.0. The van der Waals surface area contributed by atoms with Crippen molar-refractivity contribution in [1.29, 1.82) is 0 Å². The van der Waals surface area contributed by atoms with Gasteiger partial charge in [-0.05, 0) is 42.3 Å². The van der Waals surface area contributed by atoms with E-state index in [9.17, 15) is 22.4 Å². The van der Waals surface area contributed by atoms with Crippen LogP contribution in [-0.4, -0.2) is 16.2 Å². The quantitative estimate of drug-likeness (QED) is 0.468. The molecule has 0 aliphatic rings. The van der Waals surface area contributed by atoms with E-state index >= 15 is 0 Å². The summed E-state index contributed by atoms with van der Waals surface area (Å²) >= 11 is 0. The van der Waals surface area contributed by atoms with Crippen molar-refractivity contribution in [2.45, 2.75) is 13.3 Å². The Balaban J connectivity index is 2.21. The first-order valence-corrected chi connectivity index (χ1v) is 7.94. The van der Waals surface area contributed by atoms with E-state index < -0.39 is 23.8 Å². The average molecular weight is 377 g/mol. The second kappa shape index (κ2) is 7.22. The molecule has 4 nitrogen and oxygen atoms in total. The molecule has 0 radical (unpaired) electrons. The molecule has 0 fully saturated rings. The van der Waals surface area contributed by atoms with Crippen molar-refractivity contribution in [2.75, 3.05) is 4.90 Å². The molecular formula is C19H15F4N3O. The second-order valence-corrected chi connectivity index (χ2v) is 5.97. The number of hydrogen-bond acceptors (Lipinski definition) is 2. The highest BCUT2D eigenvalue weighted by Gasteiger charge is 2.25. The molecule has 27 heavy (non-hydrogen) atoms. The monoisotopic (exact) mass is 377 g/mol. The number of carbonyl (C=O) groups is 1. The molecule has 0 atom stereocenters. The number of nitrogens with zero attached hydrogens (tertiary/aromatic N) is 3. The SMILES string of the molecule is Cc1ccc(-c2cc(F)ccc2N(C=O)c2cn(C)nc2C(F)F)cc1F. The number of anilines is 2. The Hall–Kier alpha value is -3.16. The van der Waals surface area contributed by atoms with Gasteiger partial charge in [-0.15, -0.1) is 0 Å². The van der Waals surface area contributed by atoms with Crippen molar-refractivity contribution in [3.05, 3.63) is 65.5 Å². The molecule has 1 heterocycles. The van der Waals surface area contributed by atoms with E-state index in [1.54, 1.807) is 13.0 Å². The predicted molar refractivity (Wildman–Crippen MR) is 92.9 cm³/mol. The number of aryl methyl sites for hydroxylation is 2. The molecule has 1 amide bonds. The molecular weight excluding hydrogens is 362 g/mol. The van der Waals surface area contributed by atoms with Gasteiger partial charge < -0.3 is 0 Å². The van der Waals surface area contributed by atoms with Crippen molar-refractivity contribution < 1.29 is 22.4 Å². The molecule has 8 heteroatoms. The summed E-state index contributed by atoms with van der Waals surface area (Å²) in [5.41, 5.74) is 0.297. The van der Waals surface area contributed by atoms with Crippen LogP contribution in [0.1, 0.15) is 17.7 Å². The lowest BCUT2D eigenvalue weighted by Crippen LogP contribution is -2.16. The first kappa shape index (κ1) is 18.6. The van der Waals surface area contributed by atoms with Crippen molar-refractivity contribution in [1.82, 2.24) is 9.78 Å². The highest BCUT2D eigenvalue weighted by atomic mass is 19.3. The third kappa shape index (κ3) is 3.55. The lowest BCUT2D eigenvalue weighted by atomic mass is 10.0. The summed E-state index contributed by atoms with van der Waals surface area (Å²) in [5, 5.41) is 3.68. The summed E-state index contributed by atoms with van der Waals surface area (Å²) in [4.78, 5) is 12.7. The first-order chi connectivity index (χ1) is 12.8. The minimum absolute atomic E-state index is 0.129. The van der Waals surface area contributed by atoms with Gasteiger partial charge in [-0.25, -0.2) is 17.6 Å². The summed E-state index contributed by atoms with van der Waals surface area (Å²) in [6, 6.07) is 7.77. The summed E-state index contributed by atoms with van der Waals surface area (Å²) in [5.74, 6) is -1.11. The van der Waals surface area contributed by atoms with E-state index in [1.807, 2.05) is 0 Å². The van der Waals surface area contributed by atoms with Gasteiger partial charge in [0.2, 0.25) is 6.41 Å². The van der Waals surface area contributed by atoms with E-state index in [1.165, 1.54) is 31.4 Å². The van der Waals surface area contributed by atoms with Gasteiger partial charge in [0.05, 0.1) is 11.4 Å². The molecule has 0 unspecified atom stereocenters. The van der Waals surface area contributed by atoms with Crippen LogP contribution >= 0.6 is 0 Å². The molecule has 2 aromatic carbocycles. The van der Waals surface area contributed by atoms with Crippen LogP contribution in [0.4, 0.5) is 28.9 Å². The number of rotatable bonds is 5. The Labute approximate surface area is 152 Å². The van der Waals surface area contributed by atoms with E-state index in [2.05, 4.69) is 5.10 Å². The minimum Gasteiger partial charge on any atom is -0.279 e. The Morgan fingerprint density at radius 2 is 1.85 bits per heavy atom. The zero-order valence-corrected chi connectivity index (χ0v) is 14.5. The van der Waals surface area contributed by atoms with Crippen LogP contribution in [-0.2, 0) is 11.8 Å². The first-order valence-electron chi connectivity index (χ1n) is 7.94. The number of halogens is 4. The van der Waals surface area contributed by atoms with Crippen molar-refractivity contribution in [2.24, 2.45) is 7.05 Å². The Kier molecular flexibility index (Phi) is 4.98. The maximum absolute atomic E-state index is 14.0. The van der Waals surface area contributed by atoms with Crippen molar-refractivity contribution >= 4 is 17.8 Å². The Morgan fingerprint density at radius 3 is 2.48 bits per heavy atom. The van der Waals surface area contributed by atoms with Gasteiger partial charge in [-0.2, -0.15) is 5.10 Å². The number of alkyl halides is 2. The van der Waals surface area contributed by atoms with Crippen LogP contribution in [0.15, 0.2) is 42.6 Å². The molecule has 0 saturated heterocycles. The predicted octanol–water partition coefficient (Wildman–Crippen LogP) is 4.91. The highest BCUT2D eigenvalue weighted by Crippen LogP contribution is 2.38. The van der Waals surface area contributed by atoms with Gasteiger partial charge in [0.15, 0.2) is 5.69 Å². The van der Waals surface area contributed by atoms with Crippen molar-refractivity contribution in [3.8, 4) is 11.1 Å². The van der Waals surface area contributed by atoms with Gasteiger partial charge in [0, 0.05) is 18.8 Å². The molecule has 3 rings (SSSR count). The lowest BCUT2D eigenvalue weighted by molar-refractivity contribution is -0.106. The molecule has 0 N–H and O–H groups in total. The number of aromatic nitrogens is 2. The molecule has 0 aliphatic carbocycles. The standard InChI is InChI=1S/C19H15F4N3O/c1-11-3-4-12(7-15(11)21)14-8-13(20)5-6-16(14)26(10-27)17-9-25(2)24-18(17)19(22)23/h3-10,19H,1-2H3. The summed E-state index contributed by atoms with van der Waals surface area (Å²) in [7, 11) is 1.44. The van der Waals surface area contributed by atoms with E-state index in [0.717, 1.165) is 21.7 Å². The molecule has 0 spiro atoms. The van der Waals surface area contributed by atoms with Crippen LogP contribution in [0.5, 0.6) is 0 Å². The van der Waals surface area contributed by atoms with Gasteiger partial charge in [-0.3, -0.25) is 14.4 Å². The van der Waals surface area contributed by atoms with Crippen molar-refractivity contribution in [3.63, 3.8) is 0 Å². The highest BCUT2D eigenvalue weighted by molar-refractivity contribution is 5.94. The normalized spacial score (nSPS) is 11.1. The van der Waals surface area contributed by atoms with Gasteiger partial charge in [0.1, 0.15) is 11.6 Å². The number of amides is 1. The number of hydrogen-bond donors (Lipinski definition) is 0. The fourth-order valence-electron chi connectivity index (χ4n) is 2.79. The van der Waals surface area contributed by atoms with Crippen LogP contribution < -0.4 is 4.90 Å². The zero-order valence-electron chi connectivity index (χ0n) is 14.5. The van der Waals surface area contributed by atoms with Crippen LogP contribution in [0.25, 0.3) is 11.1 Å². The molecule has 0 bridgehead atoms. The van der Waals surface area contributed by atoms with Gasteiger partial charge >= 0.3 is 0 Å². The topological polar surface area (TPSA) is 38.1 Å². The smallest absolute Gasteiger partial charge is 0.279 e. The summed E-state index contributed by atoms with van der Waals surface area (Å²) in [6.07, 6.45) is -1.31. The number of benzene rings is 2. The Bertz CT molecular complexity index is 1000. The maximum Gasteiger partial charge on any atom is 0.284 e. The molecule has 0 aliphatic heterocycles. The van der Waals surface area contributed by atoms with Gasteiger partial charge in [0.25, 0.3) is 6.43 Å². The van der Waals surface area contributed by atoms with Crippen LogP contribution in [0.3, 0.4) is 0 Å². The van der Waals surface area contributed by atoms with Crippen LogP contribution in [0.2, 0.25) is 0 Å². The number of carbonyl (C=O) groups excluding carboxylic acids is 1. The minimum atomic E-state index is -2.91. The van der Waals surface area contributed by atoms with Gasteiger partial charge in [-0.1, -0.05) is 12.1 Å². The lowest BCUT2D eigenvalue weighted by Gasteiger charge is -2.21. The van der Waals surface area contributed by atoms with Crippen LogP contribution in [0, 0.1) is 18.6 Å². The third-order valence-corrected chi connectivity index (χ3v) is 4.11. The molecule has 0 saturated carbocycles. The third-order valence-electron chi connectivity index (χ3n) is 4.11. The molecule has 1 aromatic heterocycles. The molecule has 3 aromatic rings. The second-order valence-electron chi connectivity index (χ2n) is 5.97. The summed E-state index contributed by atoms with van der Waals surface area (Å²) in [6.45, 7) is 1.58. The summed E-state index contributed by atoms with van der Waals surface area (Å²) < 4.78 is 55.6. The van der Waals surface area contributed by atoms with E-state index in [-0.39, 0.29) is 16.9 Å². The Morgan fingerprint density at radius 1 is 1.11 bits per heavy atom. The fraction of sp³-hybridized carbons (Fsp3) is 0.158. The average Bonchev–Trinajstić information content (AvgIpc) is 3.01.